The van der Waals surface area contributed by atoms with E-state index in [-0.39, 0.29) is 0 Å². The highest BCUT2D eigenvalue weighted by Gasteiger charge is 2.21. The van der Waals surface area contributed by atoms with Gasteiger partial charge >= 0.3 is 0 Å². The van der Waals surface area contributed by atoms with E-state index in [1.54, 1.807) is 7.11 Å². The number of nitrogens with one attached hydrogen (secondary N) is 1. The topological polar surface area (TPSA) is 46.1 Å². The molecule has 0 saturated carbocycles. The molecule has 1 aromatic rings. The smallest absolute Gasteiger partial charge is 0.194 e. The maximum absolute atomic E-state index is 5.95. The zero-order chi connectivity index (χ0) is 17.9. The molecule has 1 fully saturated rings. The molecule has 1 aliphatic rings. The largest absolute Gasteiger partial charge is 0.385 e. The standard InChI is InChI=1S/C19H33N3O2S/c1-4-17-7-8-18(25-17)15-21-19(20-5-2)22-11-9-16(10-12-22)24-14-6-13-23-3/h7-8,16H,4-6,9-15H2,1-3H3,(H,20,21). The zero-order valence-electron chi connectivity index (χ0n) is 15.9. The van der Waals surface area contributed by atoms with E-state index < -0.39 is 0 Å². The Hall–Kier alpha value is -1.11. The normalized spacial score (nSPS) is 16.4. The van der Waals surface area contributed by atoms with Crippen LogP contribution in [0.2, 0.25) is 0 Å². The van der Waals surface area contributed by atoms with Crippen molar-refractivity contribution in [3.63, 3.8) is 0 Å². The lowest BCUT2D eigenvalue weighted by molar-refractivity contribution is 0.00990. The highest BCUT2D eigenvalue weighted by Crippen LogP contribution is 2.18. The van der Waals surface area contributed by atoms with Crippen molar-refractivity contribution in [2.45, 2.75) is 52.2 Å². The molecule has 1 N–H and O–H groups in total. The number of ether oxygens (including phenoxy) is 2. The highest BCUT2D eigenvalue weighted by molar-refractivity contribution is 7.11. The Morgan fingerprint density at radius 3 is 2.64 bits per heavy atom. The number of thiophene rings is 1. The van der Waals surface area contributed by atoms with E-state index in [0.717, 1.165) is 71.0 Å². The molecule has 6 heteroatoms. The van der Waals surface area contributed by atoms with E-state index in [1.165, 1.54) is 9.75 Å². The van der Waals surface area contributed by atoms with Crippen LogP contribution >= 0.6 is 11.3 Å². The zero-order valence-corrected chi connectivity index (χ0v) is 16.7. The molecular weight excluding hydrogens is 334 g/mol. The van der Waals surface area contributed by atoms with Crippen molar-refractivity contribution in [2.24, 2.45) is 4.99 Å². The van der Waals surface area contributed by atoms with Crippen molar-refractivity contribution in [3.8, 4) is 0 Å². The van der Waals surface area contributed by atoms with Crippen LogP contribution in [-0.4, -0.2) is 56.9 Å². The van der Waals surface area contributed by atoms with Crippen molar-refractivity contribution in [3.05, 3.63) is 21.9 Å². The van der Waals surface area contributed by atoms with Gasteiger partial charge in [-0.05, 0) is 44.7 Å². The second kappa shape index (κ2) is 11.5. The molecule has 0 unspecified atom stereocenters. The monoisotopic (exact) mass is 367 g/mol. The second-order valence-corrected chi connectivity index (χ2v) is 7.55. The van der Waals surface area contributed by atoms with Crippen LogP contribution < -0.4 is 5.32 Å². The van der Waals surface area contributed by atoms with Gasteiger partial charge in [0.05, 0.1) is 12.6 Å². The Bertz CT molecular complexity index is 511. The van der Waals surface area contributed by atoms with Gasteiger partial charge in [0.2, 0.25) is 0 Å². The van der Waals surface area contributed by atoms with E-state index in [0.29, 0.717) is 6.10 Å². The summed E-state index contributed by atoms with van der Waals surface area (Å²) < 4.78 is 11.0. The van der Waals surface area contributed by atoms with Gasteiger partial charge in [-0.3, -0.25) is 0 Å². The Morgan fingerprint density at radius 1 is 1.24 bits per heavy atom. The number of guanidine groups is 1. The fourth-order valence-electron chi connectivity index (χ4n) is 2.96. The first-order valence-electron chi connectivity index (χ1n) is 9.48. The molecule has 0 bridgehead atoms. The lowest BCUT2D eigenvalue weighted by Crippen LogP contribution is -2.47. The summed E-state index contributed by atoms with van der Waals surface area (Å²) in [6.45, 7) is 9.57. The molecule has 1 saturated heterocycles. The van der Waals surface area contributed by atoms with E-state index in [2.05, 4.69) is 36.2 Å². The summed E-state index contributed by atoms with van der Waals surface area (Å²) in [6, 6.07) is 4.42. The van der Waals surface area contributed by atoms with Gasteiger partial charge in [-0.25, -0.2) is 4.99 Å². The van der Waals surface area contributed by atoms with Gasteiger partial charge in [-0.15, -0.1) is 11.3 Å². The van der Waals surface area contributed by atoms with Crippen LogP contribution in [0.3, 0.4) is 0 Å². The fourth-order valence-corrected chi connectivity index (χ4v) is 3.85. The molecule has 0 atom stereocenters. The van der Waals surface area contributed by atoms with Crippen molar-refractivity contribution >= 4 is 17.3 Å². The number of hydrogen-bond acceptors (Lipinski definition) is 4. The van der Waals surface area contributed by atoms with Gasteiger partial charge in [0.1, 0.15) is 0 Å². The third-order valence-corrected chi connectivity index (χ3v) is 5.59. The highest BCUT2D eigenvalue weighted by atomic mass is 32.1. The summed E-state index contributed by atoms with van der Waals surface area (Å²) in [4.78, 5) is 9.99. The number of rotatable bonds is 9. The summed E-state index contributed by atoms with van der Waals surface area (Å²) in [5.41, 5.74) is 0. The Kier molecular flexibility index (Phi) is 9.29. The molecule has 0 amide bonds. The lowest BCUT2D eigenvalue weighted by atomic mass is 10.1. The Morgan fingerprint density at radius 2 is 2.00 bits per heavy atom. The van der Waals surface area contributed by atoms with Crippen LogP contribution in [-0.2, 0) is 22.4 Å². The average molecular weight is 368 g/mol. The van der Waals surface area contributed by atoms with Crippen molar-refractivity contribution < 1.29 is 9.47 Å². The maximum atomic E-state index is 5.95. The number of methoxy groups -OCH3 is 1. The maximum Gasteiger partial charge on any atom is 0.194 e. The number of likely N-dealkylation sites (tertiary alicyclic amines) is 1. The van der Waals surface area contributed by atoms with Gasteiger partial charge in [0.25, 0.3) is 0 Å². The van der Waals surface area contributed by atoms with E-state index >= 15 is 0 Å². The van der Waals surface area contributed by atoms with Gasteiger partial charge in [0, 0.05) is 49.7 Å². The van der Waals surface area contributed by atoms with E-state index in [9.17, 15) is 0 Å². The first kappa shape index (κ1) is 20.2. The first-order valence-corrected chi connectivity index (χ1v) is 10.3. The third kappa shape index (κ3) is 6.96. The first-order chi connectivity index (χ1) is 12.3. The van der Waals surface area contributed by atoms with E-state index in [4.69, 9.17) is 14.5 Å². The summed E-state index contributed by atoms with van der Waals surface area (Å²) in [5.74, 6) is 1.03. The molecule has 5 nitrogen and oxygen atoms in total. The van der Waals surface area contributed by atoms with Crippen LogP contribution in [0.25, 0.3) is 0 Å². The molecule has 0 radical (unpaired) electrons. The third-order valence-electron chi connectivity index (χ3n) is 4.37. The Labute approximate surface area is 156 Å². The number of aryl methyl sites for hydroxylation is 1. The summed E-state index contributed by atoms with van der Waals surface area (Å²) >= 11 is 1.87. The average Bonchev–Trinajstić information content (AvgIpc) is 3.11. The molecule has 2 rings (SSSR count). The number of hydrogen-bond donors (Lipinski definition) is 1. The van der Waals surface area contributed by atoms with Gasteiger partial charge in [-0.2, -0.15) is 0 Å². The van der Waals surface area contributed by atoms with Crippen LogP contribution in [0.1, 0.15) is 42.9 Å². The second-order valence-electron chi connectivity index (χ2n) is 6.30. The van der Waals surface area contributed by atoms with Crippen LogP contribution in [0, 0.1) is 0 Å². The molecule has 1 aliphatic heterocycles. The summed E-state index contributed by atoms with van der Waals surface area (Å²) in [6.07, 6.45) is 4.58. The van der Waals surface area contributed by atoms with Gasteiger partial charge in [0.15, 0.2) is 5.96 Å². The minimum absolute atomic E-state index is 0.375. The molecule has 0 spiro atoms. The number of nitrogens with zero attached hydrogens (tertiary/aromatic N) is 2. The van der Waals surface area contributed by atoms with Crippen molar-refractivity contribution in [2.75, 3.05) is 40.0 Å². The quantitative estimate of drug-likeness (QED) is 0.413. The van der Waals surface area contributed by atoms with Crippen molar-refractivity contribution in [1.82, 2.24) is 10.2 Å². The molecule has 25 heavy (non-hydrogen) atoms. The van der Waals surface area contributed by atoms with Gasteiger partial charge < -0.3 is 19.7 Å². The number of piperidine rings is 1. The molecule has 2 heterocycles. The molecule has 0 aromatic carbocycles. The summed E-state index contributed by atoms with van der Waals surface area (Å²) in [5, 5.41) is 3.44. The molecule has 1 aromatic heterocycles. The van der Waals surface area contributed by atoms with Gasteiger partial charge in [-0.1, -0.05) is 6.92 Å². The lowest BCUT2D eigenvalue weighted by Gasteiger charge is -2.34. The SMILES string of the molecule is CCNC(=NCc1ccc(CC)s1)N1CCC(OCCCOC)CC1. The van der Waals surface area contributed by atoms with Crippen LogP contribution in [0.4, 0.5) is 0 Å². The van der Waals surface area contributed by atoms with Crippen LogP contribution in [0.15, 0.2) is 17.1 Å². The van der Waals surface area contributed by atoms with Crippen molar-refractivity contribution in [1.29, 1.82) is 0 Å². The van der Waals surface area contributed by atoms with Crippen LogP contribution in [0.5, 0.6) is 0 Å². The summed E-state index contributed by atoms with van der Waals surface area (Å²) in [7, 11) is 1.74. The fraction of sp³-hybridized carbons (Fsp3) is 0.737. The predicted molar refractivity (Wildman–Crippen MR) is 106 cm³/mol. The van der Waals surface area contributed by atoms with E-state index in [1.807, 2.05) is 11.3 Å². The molecule has 142 valence electrons. The Balaban J connectivity index is 1.81. The minimum atomic E-state index is 0.375. The minimum Gasteiger partial charge on any atom is -0.385 e. The number of aliphatic imine (C=N–C) groups is 1. The predicted octanol–water partition coefficient (Wildman–Crippen LogP) is 3.29. The molecule has 0 aliphatic carbocycles. The molecular formula is C19H33N3O2S.